The molecule has 0 spiro atoms. The van der Waals surface area contributed by atoms with Crippen molar-refractivity contribution in [3.05, 3.63) is 23.8 Å². The Morgan fingerprint density at radius 1 is 1.42 bits per heavy atom. The van der Waals surface area contributed by atoms with Crippen molar-refractivity contribution in [2.75, 3.05) is 45.7 Å². The molecule has 1 atom stereocenters. The molecule has 4 heteroatoms. The van der Waals surface area contributed by atoms with Crippen LogP contribution in [0.3, 0.4) is 0 Å². The maximum absolute atomic E-state index is 5.59. The average Bonchev–Trinajstić information content (AvgIpc) is 2.38. The smallest absolute Gasteiger partial charge is 0.142 e. The van der Waals surface area contributed by atoms with Gasteiger partial charge in [-0.3, -0.25) is 0 Å². The third-order valence-electron chi connectivity index (χ3n) is 3.31. The fourth-order valence-corrected chi connectivity index (χ4v) is 2.28. The molecule has 4 nitrogen and oxygen atoms in total. The Hall–Kier alpha value is -1.26. The van der Waals surface area contributed by atoms with Crippen LogP contribution >= 0.6 is 0 Å². The molecule has 1 aromatic carbocycles. The zero-order valence-corrected chi connectivity index (χ0v) is 12.2. The van der Waals surface area contributed by atoms with Gasteiger partial charge in [-0.15, -0.1) is 0 Å². The predicted molar refractivity (Wildman–Crippen MR) is 80.1 cm³/mol. The lowest BCUT2D eigenvalue weighted by molar-refractivity contribution is 0.323. The summed E-state index contributed by atoms with van der Waals surface area (Å²) in [4.78, 5) is 2.19. The van der Waals surface area contributed by atoms with Gasteiger partial charge >= 0.3 is 0 Å². The van der Waals surface area contributed by atoms with Gasteiger partial charge < -0.3 is 20.3 Å². The number of likely N-dealkylation sites (N-methyl/N-ethyl adjacent to an activating group) is 1. The van der Waals surface area contributed by atoms with Crippen molar-refractivity contribution >= 4 is 5.69 Å². The van der Waals surface area contributed by atoms with Crippen LogP contribution in [-0.4, -0.2) is 51.3 Å². The van der Waals surface area contributed by atoms with Gasteiger partial charge in [-0.25, -0.2) is 0 Å². The lowest BCUT2D eigenvalue weighted by Gasteiger charge is -2.21. The van der Waals surface area contributed by atoms with Gasteiger partial charge in [0.2, 0.25) is 0 Å². The number of nitrogens with zero attached hydrogens (tertiary/aromatic N) is 1. The number of nitrogens with one attached hydrogen (secondary N) is 2. The maximum Gasteiger partial charge on any atom is 0.142 e. The number of ether oxygens (including phenoxy) is 1. The standard InChI is InChI=1S/C15H25N3O/c1-12(16-6-8-18(2)3)10-13-4-5-15-14(11-13)17-7-9-19-15/h4-5,11-12,16-17H,6-10H2,1-3H3. The van der Waals surface area contributed by atoms with E-state index in [9.17, 15) is 0 Å². The Balaban J connectivity index is 1.85. The Morgan fingerprint density at radius 2 is 2.26 bits per heavy atom. The van der Waals surface area contributed by atoms with Crippen LogP contribution in [0.5, 0.6) is 5.75 Å². The van der Waals surface area contributed by atoms with E-state index < -0.39 is 0 Å². The second-order valence-electron chi connectivity index (χ2n) is 5.47. The molecule has 0 fully saturated rings. The predicted octanol–water partition coefficient (Wildman–Crippen LogP) is 1.57. The first-order chi connectivity index (χ1) is 9.15. The molecule has 0 saturated heterocycles. The fourth-order valence-electron chi connectivity index (χ4n) is 2.28. The summed E-state index contributed by atoms with van der Waals surface area (Å²) in [6.07, 6.45) is 1.04. The van der Waals surface area contributed by atoms with Gasteiger partial charge in [-0.1, -0.05) is 6.07 Å². The molecule has 106 valence electrons. The van der Waals surface area contributed by atoms with E-state index in [0.29, 0.717) is 6.04 Å². The van der Waals surface area contributed by atoms with Crippen LogP contribution in [0, 0.1) is 0 Å². The lowest BCUT2D eigenvalue weighted by Crippen LogP contribution is -2.34. The van der Waals surface area contributed by atoms with E-state index in [0.717, 1.165) is 44.1 Å². The third kappa shape index (κ3) is 4.40. The summed E-state index contributed by atoms with van der Waals surface area (Å²) in [6, 6.07) is 6.93. The largest absolute Gasteiger partial charge is 0.490 e. The summed E-state index contributed by atoms with van der Waals surface area (Å²) in [5.41, 5.74) is 2.48. The van der Waals surface area contributed by atoms with E-state index in [4.69, 9.17) is 4.74 Å². The van der Waals surface area contributed by atoms with Crippen LogP contribution in [0.1, 0.15) is 12.5 Å². The molecule has 0 amide bonds. The van der Waals surface area contributed by atoms with Gasteiger partial charge in [0, 0.05) is 25.7 Å². The molecule has 1 unspecified atom stereocenters. The van der Waals surface area contributed by atoms with E-state index in [2.05, 4.69) is 54.8 Å². The molecule has 1 aliphatic rings. The van der Waals surface area contributed by atoms with E-state index in [-0.39, 0.29) is 0 Å². The second-order valence-corrected chi connectivity index (χ2v) is 5.47. The summed E-state index contributed by atoms with van der Waals surface area (Å²) in [7, 11) is 4.20. The molecule has 2 rings (SSSR count). The molecule has 2 N–H and O–H groups in total. The molecule has 1 heterocycles. The first-order valence-electron chi connectivity index (χ1n) is 7.03. The maximum atomic E-state index is 5.59. The summed E-state index contributed by atoms with van der Waals surface area (Å²) >= 11 is 0. The fraction of sp³-hybridized carbons (Fsp3) is 0.600. The minimum atomic E-state index is 0.488. The normalized spacial score (nSPS) is 15.6. The highest BCUT2D eigenvalue weighted by Crippen LogP contribution is 2.28. The van der Waals surface area contributed by atoms with E-state index >= 15 is 0 Å². The average molecular weight is 263 g/mol. The molecule has 0 saturated carbocycles. The molecule has 0 aromatic heterocycles. The summed E-state index contributed by atoms with van der Waals surface area (Å²) < 4.78 is 5.59. The Morgan fingerprint density at radius 3 is 3.05 bits per heavy atom. The van der Waals surface area contributed by atoms with Crippen molar-refractivity contribution < 1.29 is 4.74 Å². The highest BCUT2D eigenvalue weighted by molar-refractivity contribution is 5.59. The molecule has 0 aliphatic carbocycles. The van der Waals surface area contributed by atoms with Crippen molar-refractivity contribution in [3.8, 4) is 5.75 Å². The van der Waals surface area contributed by atoms with Gasteiger partial charge in [0.05, 0.1) is 5.69 Å². The zero-order chi connectivity index (χ0) is 13.7. The first-order valence-corrected chi connectivity index (χ1v) is 7.03. The van der Waals surface area contributed by atoms with Gasteiger partial charge in [-0.2, -0.15) is 0 Å². The number of hydrogen-bond donors (Lipinski definition) is 2. The van der Waals surface area contributed by atoms with Crippen LogP contribution < -0.4 is 15.4 Å². The number of benzene rings is 1. The number of rotatable bonds is 6. The van der Waals surface area contributed by atoms with E-state index in [1.54, 1.807) is 0 Å². The topological polar surface area (TPSA) is 36.5 Å². The van der Waals surface area contributed by atoms with Crippen molar-refractivity contribution in [2.24, 2.45) is 0 Å². The summed E-state index contributed by atoms with van der Waals surface area (Å²) in [5.74, 6) is 0.975. The van der Waals surface area contributed by atoms with Crippen molar-refractivity contribution in [1.29, 1.82) is 0 Å². The van der Waals surface area contributed by atoms with E-state index in [1.807, 2.05) is 0 Å². The minimum absolute atomic E-state index is 0.488. The molecule has 1 aliphatic heterocycles. The van der Waals surface area contributed by atoms with Gasteiger partial charge in [0.1, 0.15) is 12.4 Å². The number of hydrogen-bond acceptors (Lipinski definition) is 4. The van der Waals surface area contributed by atoms with E-state index in [1.165, 1.54) is 5.56 Å². The molecular weight excluding hydrogens is 238 g/mol. The van der Waals surface area contributed by atoms with Crippen LogP contribution in [0.15, 0.2) is 18.2 Å². The first kappa shape index (κ1) is 14.2. The molecule has 1 aromatic rings. The van der Waals surface area contributed by atoms with Gasteiger partial charge in [0.15, 0.2) is 0 Å². The monoisotopic (exact) mass is 263 g/mol. The van der Waals surface area contributed by atoms with Crippen LogP contribution in [0.25, 0.3) is 0 Å². The Kier molecular flexibility index (Phi) is 5.05. The number of fused-ring (bicyclic) bond motifs is 1. The SMILES string of the molecule is CC(Cc1ccc2c(c1)NCCO2)NCCN(C)C. The van der Waals surface area contributed by atoms with Crippen molar-refractivity contribution in [1.82, 2.24) is 10.2 Å². The number of anilines is 1. The summed E-state index contributed by atoms with van der Waals surface area (Å²) in [5, 5.41) is 6.93. The van der Waals surface area contributed by atoms with Crippen LogP contribution in [0.2, 0.25) is 0 Å². The third-order valence-corrected chi connectivity index (χ3v) is 3.31. The van der Waals surface area contributed by atoms with Crippen molar-refractivity contribution in [2.45, 2.75) is 19.4 Å². The molecule has 19 heavy (non-hydrogen) atoms. The van der Waals surface area contributed by atoms with Crippen LogP contribution in [0.4, 0.5) is 5.69 Å². The lowest BCUT2D eigenvalue weighted by atomic mass is 10.1. The van der Waals surface area contributed by atoms with Crippen molar-refractivity contribution in [3.63, 3.8) is 0 Å². The quantitative estimate of drug-likeness (QED) is 0.817. The molecular formula is C15H25N3O. The second kappa shape index (κ2) is 6.78. The Labute approximate surface area is 116 Å². The van der Waals surface area contributed by atoms with Gasteiger partial charge in [0.25, 0.3) is 0 Å². The van der Waals surface area contributed by atoms with Gasteiger partial charge in [-0.05, 0) is 45.1 Å². The Bertz CT molecular complexity index is 406. The highest BCUT2D eigenvalue weighted by atomic mass is 16.5. The molecule has 0 bridgehead atoms. The zero-order valence-electron chi connectivity index (χ0n) is 12.2. The molecule has 0 radical (unpaired) electrons. The summed E-state index contributed by atoms with van der Waals surface area (Å²) in [6.45, 7) is 5.99. The highest BCUT2D eigenvalue weighted by Gasteiger charge is 2.11. The van der Waals surface area contributed by atoms with Crippen LogP contribution in [-0.2, 0) is 6.42 Å². The minimum Gasteiger partial charge on any atom is -0.490 e.